The first-order valence-electron chi connectivity index (χ1n) is 4.91. The normalized spacial score (nSPS) is 11.0. The average molecular weight is 211 g/mol. The van der Waals surface area contributed by atoms with Crippen LogP contribution >= 0.6 is 0 Å². The van der Waals surface area contributed by atoms with Gasteiger partial charge in [0.2, 0.25) is 0 Å². The number of aromatic amines is 1. The fraction of sp³-hybridized carbons (Fsp3) is 0. The van der Waals surface area contributed by atoms with Crippen molar-refractivity contribution in [3.05, 3.63) is 36.0 Å². The van der Waals surface area contributed by atoms with E-state index in [2.05, 4.69) is 9.97 Å². The summed E-state index contributed by atoms with van der Waals surface area (Å²) in [5.74, 6) is 0.443. The fourth-order valence-corrected chi connectivity index (χ4v) is 1.98. The summed E-state index contributed by atoms with van der Waals surface area (Å²) < 4.78 is 0. The van der Waals surface area contributed by atoms with Gasteiger partial charge < -0.3 is 10.7 Å². The molecule has 2 aromatic heterocycles. The van der Waals surface area contributed by atoms with Crippen LogP contribution in [0.5, 0.6) is 0 Å². The molecule has 4 heteroatoms. The Labute approximate surface area is 91.1 Å². The first kappa shape index (κ1) is 8.91. The number of H-pyrrole nitrogens is 1. The van der Waals surface area contributed by atoms with Crippen LogP contribution in [0.15, 0.2) is 30.5 Å². The number of anilines is 1. The zero-order valence-electron chi connectivity index (χ0n) is 8.40. The van der Waals surface area contributed by atoms with Gasteiger partial charge in [0.05, 0.1) is 16.5 Å². The number of para-hydroxylation sites is 1. The van der Waals surface area contributed by atoms with Crippen molar-refractivity contribution >= 4 is 33.9 Å². The van der Waals surface area contributed by atoms with Crippen LogP contribution < -0.4 is 5.73 Å². The van der Waals surface area contributed by atoms with Gasteiger partial charge in [0.25, 0.3) is 0 Å². The summed E-state index contributed by atoms with van der Waals surface area (Å²) in [6, 6.07) is 7.77. The van der Waals surface area contributed by atoms with Gasteiger partial charge >= 0.3 is 0 Å². The van der Waals surface area contributed by atoms with Crippen molar-refractivity contribution in [3.63, 3.8) is 0 Å². The third kappa shape index (κ3) is 1.04. The minimum absolute atomic E-state index is 0.443. The van der Waals surface area contributed by atoms with Gasteiger partial charge in [-0.15, -0.1) is 0 Å². The molecule has 0 bridgehead atoms. The Kier molecular flexibility index (Phi) is 1.71. The van der Waals surface area contributed by atoms with E-state index in [4.69, 9.17) is 5.73 Å². The van der Waals surface area contributed by atoms with Crippen LogP contribution in [0.3, 0.4) is 0 Å². The smallest absolute Gasteiger partial charge is 0.153 e. The molecule has 0 atom stereocenters. The zero-order chi connectivity index (χ0) is 11.1. The number of pyridine rings is 1. The van der Waals surface area contributed by atoms with Crippen LogP contribution in [-0.4, -0.2) is 16.3 Å². The predicted octanol–water partition coefficient (Wildman–Crippen LogP) is 2.11. The Morgan fingerprint density at radius 2 is 2.12 bits per heavy atom. The lowest BCUT2D eigenvalue weighted by Crippen LogP contribution is -1.93. The van der Waals surface area contributed by atoms with E-state index in [0.717, 1.165) is 28.1 Å². The Morgan fingerprint density at radius 1 is 1.31 bits per heavy atom. The van der Waals surface area contributed by atoms with Crippen molar-refractivity contribution < 1.29 is 4.79 Å². The van der Waals surface area contributed by atoms with Gasteiger partial charge in [-0.25, -0.2) is 4.98 Å². The van der Waals surface area contributed by atoms with Gasteiger partial charge in [0.1, 0.15) is 5.82 Å². The van der Waals surface area contributed by atoms with E-state index in [1.807, 2.05) is 24.3 Å². The SMILES string of the molecule is Nc1ncc(C=O)c2[nH]c3ccccc3c12. The monoisotopic (exact) mass is 211 g/mol. The molecule has 0 aliphatic heterocycles. The van der Waals surface area contributed by atoms with Crippen LogP contribution in [0, 0.1) is 0 Å². The Morgan fingerprint density at radius 3 is 2.94 bits per heavy atom. The quantitative estimate of drug-likeness (QED) is 0.605. The molecule has 0 spiro atoms. The van der Waals surface area contributed by atoms with E-state index in [0.29, 0.717) is 11.4 Å². The van der Waals surface area contributed by atoms with Gasteiger partial charge in [-0.3, -0.25) is 4.79 Å². The highest BCUT2D eigenvalue weighted by Gasteiger charge is 2.10. The highest BCUT2D eigenvalue weighted by atomic mass is 16.1. The van der Waals surface area contributed by atoms with E-state index >= 15 is 0 Å². The molecular weight excluding hydrogens is 202 g/mol. The summed E-state index contributed by atoms with van der Waals surface area (Å²) in [5.41, 5.74) is 8.08. The van der Waals surface area contributed by atoms with Crippen molar-refractivity contribution in [1.82, 2.24) is 9.97 Å². The maximum Gasteiger partial charge on any atom is 0.153 e. The highest BCUT2D eigenvalue weighted by Crippen LogP contribution is 2.29. The second kappa shape index (κ2) is 3.06. The molecule has 0 amide bonds. The number of hydrogen-bond donors (Lipinski definition) is 2. The van der Waals surface area contributed by atoms with Crippen LogP contribution in [0.4, 0.5) is 5.82 Å². The molecule has 0 unspecified atom stereocenters. The Balaban J connectivity index is 2.62. The molecule has 0 radical (unpaired) electrons. The number of carbonyl (C=O) groups excluding carboxylic acids is 1. The molecule has 3 aromatic rings. The van der Waals surface area contributed by atoms with Crippen molar-refractivity contribution in [2.24, 2.45) is 0 Å². The molecule has 78 valence electrons. The summed E-state index contributed by atoms with van der Waals surface area (Å²) in [5, 5.41) is 1.81. The Hall–Kier alpha value is -2.36. The summed E-state index contributed by atoms with van der Waals surface area (Å²) in [6.45, 7) is 0. The number of aromatic nitrogens is 2. The van der Waals surface area contributed by atoms with Gasteiger partial charge in [-0.1, -0.05) is 18.2 Å². The molecule has 0 saturated heterocycles. The van der Waals surface area contributed by atoms with Crippen molar-refractivity contribution in [2.45, 2.75) is 0 Å². The van der Waals surface area contributed by atoms with E-state index in [1.165, 1.54) is 6.20 Å². The van der Waals surface area contributed by atoms with Gasteiger partial charge in [-0.2, -0.15) is 0 Å². The number of aldehydes is 1. The summed E-state index contributed by atoms with van der Waals surface area (Å²) in [7, 11) is 0. The van der Waals surface area contributed by atoms with Crippen molar-refractivity contribution in [3.8, 4) is 0 Å². The highest BCUT2D eigenvalue weighted by molar-refractivity contribution is 6.15. The third-order valence-electron chi connectivity index (χ3n) is 2.72. The number of nitrogens with zero attached hydrogens (tertiary/aromatic N) is 1. The van der Waals surface area contributed by atoms with Crippen LogP contribution in [0.25, 0.3) is 21.8 Å². The number of carbonyl (C=O) groups is 1. The maximum atomic E-state index is 10.9. The summed E-state index contributed by atoms with van der Waals surface area (Å²) >= 11 is 0. The average Bonchev–Trinajstić information content (AvgIpc) is 2.69. The molecule has 0 fully saturated rings. The molecule has 2 heterocycles. The van der Waals surface area contributed by atoms with E-state index in [-0.39, 0.29) is 0 Å². The summed E-state index contributed by atoms with van der Waals surface area (Å²) in [6.07, 6.45) is 2.27. The Bertz CT molecular complexity index is 700. The fourth-order valence-electron chi connectivity index (χ4n) is 1.98. The van der Waals surface area contributed by atoms with Gasteiger partial charge in [-0.05, 0) is 6.07 Å². The molecule has 3 N–H and O–H groups in total. The first-order chi connectivity index (χ1) is 7.81. The minimum Gasteiger partial charge on any atom is -0.383 e. The molecule has 3 rings (SSSR count). The van der Waals surface area contributed by atoms with E-state index in [1.54, 1.807) is 0 Å². The van der Waals surface area contributed by atoms with Crippen molar-refractivity contribution in [1.29, 1.82) is 0 Å². The van der Waals surface area contributed by atoms with Gasteiger partial charge in [0, 0.05) is 17.1 Å². The van der Waals surface area contributed by atoms with Gasteiger partial charge in [0.15, 0.2) is 6.29 Å². The van der Waals surface area contributed by atoms with Crippen LogP contribution in [-0.2, 0) is 0 Å². The lowest BCUT2D eigenvalue weighted by atomic mass is 10.1. The molecule has 0 aliphatic carbocycles. The number of nitrogen functional groups attached to an aromatic ring is 1. The number of benzene rings is 1. The first-order valence-corrected chi connectivity index (χ1v) is 4.91. The number of hydrogen-bond acceptors (Lipinski definition) is 3. The zero-order valence-corrected chi connectivity index (χ0v) is 8.40. The molecule has 0 saturated carbocycles. The van der Waals surface area contributed by atoms with E-state index in [9.17, 15) is 4.79 Å². The lowest BCUT2D eigenvalue weighted by Gasteiger charge is -1.97. The predicted molar refractivity (Wildman–Crippen MR) is 63.4 cm³/mol. The van der Waals surface area contributed by atoms with Crippen molar-refractivity contribution in [2.75, 3.05) is 5.73 Å². The molecule has 1 aromatic carbocycles. The molecule has 16 heavy (non-hydrogen) atoms. The lowest BCUT2D eigenvalue weighted by molar-refractivity contribution is 0.112. The number of nitrogens with one attached hydrogen (secondary N) is 1. The second-order valence-electron chi connectivity index (χ2n) is 3.64. The third-order valence-corrected chi connectivity index (χ3v) is 2.72. The molecular formula is C12H9N3O. The standard InChI is InChI=1S/C12H9N3O/c13-12-10-8-3-1-2-4-9(8)15-11(10)7(6-16)5-14-12/h1-6,15H,(H2,13,14). The molecule has 4 nitrogen and oxygen atoms in total. The maximum absolute atomic E-state index is 10.9. The van der Waals surface area contributed by atoms with Crippen LogP contribution in [0.2, 0.25) is 0 Å². The minimum atomic E-state index is 0.443. The number of nitrogens with two attached hydrogens (primary N) is 1. The van der Waals surface area contributed by atoms with Crippen LogP contribution in [0.1, 0.15) is 10.4 Å². The summed E-state index contributed by atoms with van der Waals surface area (Å²) in [4.78, 5) is 18.1. The topological polar surface area (TPSA) is 71.8 Å². The van der Waals surface area contributed by atoms with E-state index < -0.39 is 0 Å². The number of fused-ring (bicyclic) bond motifs is 3. The molecule has 0 aliphatic rings. The number of rotatable bonds is 1. The second-order valence-corrected chi connectivity index (χ2v) is 3.64. The largest absolute Gasteiger partial charge is 0.383 e.